The van der Waals surface area contributed by atoms with Gasteiger partial charge in [-0.05, 0) is 36.6 Å². The number of amides is 1. The molecule has 1 amide bonds. The molecule has 0 atom stereocenters. The molecule has 92 valence electrons. The molecule has 0 aliphatic heterocycles. The summed E-state index contributed by atoms with van der Waals surface area (Å²) < 4.78 is 0. The number of aliphatic carboxylic acids is 1. The van der Waals surface area contributed by atoms with Gasteiger partial charge in [0.25, 0.3) is 0 Å². The van der Waals surface area contributed by atoms with Crippen LogP contribution in [0.15, 0.2) is 18.2 Å². The lowest BCUT2D eigenvalue weighted by Gasteiger charge is -2.09. The highest BCUT2D eigenvalue weighted by Gasteiger charge is 2.06. The summed E-state index contributed by atoms with van der Waals surface area (Å²) in [7, 11) is 0. The van der Waals surface area contributed by atoms with Crippen LogP contribution in [0.2, 0.25) is 0 Å². The van der Waals surface area contributed by atoms with Gasteiger partial charge in [-0.3, -0.25) is 9.59 Å². The van der Waals surface area contributed by atoms with E-state index < -0.39 is 5.97 Å². The van der Waals surface area contributed by atoms with Crippen LogP contribution in [-0.4, -0.2) is 22.1 Å². The molecule has 1 aromatic carbocycles. The number of anilines is 1. The maximum Gasteiger partial charge on any atom is 0.303 e. The van der Waals surface area contributed by atoms with E-state index in [0.717, 1.165) is 5.56 Å². The summed E-state index contributed by atoms with van der Waals surface area (Å²) in [6.07, 6.45) is 1.02. The second-order valence-corrected chi connectivity index (χ2v) is 3.77. The summed E-state index contributed by atoms with van der Waals surface area (Å²) in [5, 5.41) is 20.5. The van der Waals surface area contributed by atoms with Crippen LogP contribution in [0.25, 0.3) is 0 Å². The van der Waals surface area contributed by atoms with Gasteiger partial charge in [0.05, 0.1) is 0 Å². The maximum absolute atomic E-state index is 11.0. The minimum absolute atomic E-state index is 0.0647. The predicted octanol–water partition coefficient (Wildman–Crippen LogP) is 1.76. The SMILES string of the molecule is CC(=O)Nc1ccc(O)cc1CCCC(=O)O. The first-order valence-electron chi connectivity index (χ1n) is 5.30. The molecule has 0 heterocycles. The Morgan fingerprint density at radius 3 is 2.65 bits per heavy atom. The van der Waals surface area contributed by atoms with Gasteiger partial charge in [-0.1, -0.05) is 0 Å². The largest absolute Gasteiger partial charge is 0.508 e. The van der Waals surface area contributed by atoms with Gasteiger partial charge in [-0.2, -0.15) is 0 Å². The van der Waals surface area contributed by atoms with E-state index in [4.69, 9.17) is 5.11 Å². The van der Waals surface area contributed by atoms with Crippen molar-refractivity contribution < 1.29 is 19.8 Å². The van der Waals surface area contributed by atoms with E-state index in [0.29, 0.717) is 18.5 Å². The number of carbonyl (C=O) groups excluding carboxylic acids is 1. The molecule has 0 saturated heterocycles. The molecule has 0 spiro atoms. The third-order valence-corrected chi connectivity index (χ3v) is 2.24. The van der Waals surface area contributed by atoms with Crippen molar-refractivity contribution in [1.29, 1.82) is 0 Å². The molecule has 0 saturated carbocycles. The van der Waals surface area contributed by atoms with E-state index in [2.05, 4.69) is 5.32 Å². The van der Waals surface area contributed by atoms with Crippen LogP contribution in [0.4, 0.5) is 5.69 Å². The van der Waals surface area contributed by atoms with Gasteiger partial charge < -0.3 is 15.5 Å². The Kier molecular flexibility index (Phi) is 4.51. The molecule has 1 rings (SSSR count). The first kappa shape index (κ1) is 13.0. The van der Waals surface area contributed by atoms with Gasteiger partial charge in [-0.15, -0.1) is 0 Å². The molecule has 1 aromatic rings. The number of carbonyl (C=O) groups is 2. The molecule has 0 bridgehead atoms. The summed E-state index contributed by atoms with van der Waals surface area (Å²) in [5.41, 5.74) is 1.35. The molecule has 17 heavy (non-hydrogen) atoms. The second kappa shape index (κ2) is 5.89. The molecular weight excluding hydrogens is 222 g/mol. The number of nitrogens with one attached hydrogen (secondary N) is 1. The number of aryl methyl sites for hydroxylation is 1. The Labute approximate surface area is 99.1 Å². The first-order chi connectivity index (χ1) is 7.99. The number of carboxylic acid groups (broad SMARTS) is 1. The van der Waals surface area contributed by atoms with E-state index >= 15 is 0 Å². The normalized spacial score (nSPS) is 9.94. The Balaban J connectivity index is 2.76. The van der Waals surface area contributed by atoms with Gasteiger partial charge in [0.1, 0.15) is 5.75 Å². The van der Waals surface area contributed by atoms with E-state index in [1.165, 1.54) is 19.1 Å². The van der Waals surface area contributed by atoms with Crippen LogP contribution in [0, 0.1) is 0 Å². The van der Waals surface area contributed by atoms with Crippen molar-refractivity contribution in [2.75, 3.05) is 5.32 Å². The summed E-state index contributed by atoms with van der Waals surface area (Å²) >= 11 is 0. The molecule has 0 aliphatic rings. The number of aromatic hydroxyl groups is 1. The van der Waals surface area contributed by atoms with Crippen molar-refractivity contribution >= 4 is 17.6 Å². The van der Waals surface area contributed by atoms with Crippen LogP contribution >= 0.6 is 0 Å². The molecule has 0 aromatic heterocycles. The van der Waals surface area contributed by atoms with Gasteiger partial charge in [0, 0.05) is 19.0 Å². The monoisotopic (exact) mass is 237 g/mol. The highest BCUT2D eigenvalue weighted by atomic mass is 16.4. The summed E-state index contributed by atoms with van der Waals surface area (Å²) in [5.74, 6) is -0.953. The highest BCUT2D eigenvalue weighted by Crippen LogP contribution is 2.23. The Morgan fingerprint density at radius 2 is 2.06 bits per heavy atom. The number of carboxylic acids is 1. The molecular formula is C12H15NO4. The van der Waals surface area contributed by atoms with Gasteiger partial charge in [-0.25, -0.2) is 0 Å². The van der Waals surface area contributed by atoms with Crippen LogP contribution in [0.1, 0.15) is 25.3 Å². The van der Waals surface area contributed by atoms with Crippen molar-refractivity contribution in [1.82, 2.24) is 0 Å². The minimum Gasteiger partial charge on any atom is -0.508 e. The Hall–Kier alpha value is -2.04. The predicted molar refractivity (Wildman–Crippen MR) is 63.0 cm³/mol. The summed E-state index contributed by atoms with van der Waals surface area (Å²) in [4.78, 5) is 21.4. The molecule has 0 fully saturated rings. The van der Waals surface area contributed by atoms with Crippen molar-refractivity contribution in [3.63, 3.8) is 0 Å². The molecule has 0 aliphatic carbocycles. The van der Waals surface area contributed by atoms with Crippen molar-refractivity contribution in [2.24, 2.45) is 0 Å². The lowest BCUT2D eigenvalue weighted by Crippen LogP contribution is -2.08. The molecule has 0 unspecified atom stereocenters. The average molecular weight is 237 g/mol. The Morgan fingerprint density at radius 1 is 1.35 bits per heavy atom. The highest BCUT2D eigenvalue weighted by molar-refractivity contribution is 5.89. The number of benzene rings is 1. The number of rotatable bonds is 5. The van der Waals surface area contributed by atoms with Crippen LogP contribution in [-0.2, 0) is 16.0 Å². The van der Waals surface area contributed by atoms with Crippen LogP contribution in [0.3, 0.4) is 0 Å². The fraction of sp³-hybridized carbons (Fsp3) is 0.333. The summed E-state index contributed by atoms with van der Waals surface area (Å²) in [6.45, 7) is 1.40. The molecule has 0 radical (unpaired) electrons. The number of phenolic OH excluding ortho intramolecular Hbond substituents is 1. The molecule has 5 nitrogen and oxygen atoms in total. The minimum atomic E-state index is -0.855. The molecule has 5 heteroatoms. The van der Waals surface area contributed by atoms with E-state index in [-0.39, 0.29) is 18.1 Å². The first-order valence-corrected chi connectivity index (χ1v) is 5.30. The number of hydrogen-bond donors (Lipinski definition) is 3. The van der Waals surface area contributed by atoms with Crippen molar-refractivity contribution in [3.05, 3.63) is 23.8 Å². The fourth-order valence-corrected chi connectivity index (χ4v) is 1.53. The van der Waals surface area contributed by atoms with Crippen molar-refractivity contribution in [2.45, 2.75) is 26.2 Å². The standard InChI is InChI=1S/C12H15NO4/c1-8(14)13-11-6-5-10(15)7-9(11)3-2-4-12(16)17/h5-7,15H,2-4H2,1H3,(H,13,14)(H,16,17). The number of hydrogen-bond acceptors (Lipinski definition) is 3. The molecule has 3 N–H and O–H groups in total. The number of phenols is 1. The fourth-order valence-electron chi connectivity index (χ4n) is 1.53. The zero-order valence-electron chi connectivity index (χ0n) is 9.56. The lowest BCUT2D eigenvalue weighted by molar-refractivity contribution is -0.137. The van der Waals surface area contributed by atoms with Gasteiger partial charge >= 0.3 is 5.97 Å². The third kappa shape index (κ3) is 4.55. The smallest absolute Gasteiger partial charge is 0.303 e. The van der Waals surface area contributed by atoms with E-state index in [1.807, 2.05) is 0 Å². The van der Waals surface area contributed by atoms with Gasteiger partial charge in [0.2, 0.25) is 5.91 Å². The topological polar surface area (TPSA) is 86.6 Å². The van der Waals surface area contributed by atoms with Crippen LogP contribution in [0.5, 0.6) is 5.75 Å². The zero-order valence-corrected chi connectivity index (χ0v) is 9.56. The maximum atomic E-state index is 11.0. The third-order valence-electron chi connectivity index (χ3n) is 2.24. The van der Waals surface area contributed by atoms with Crippen molar-refractivity contribution in [3.8, 4) is 5.75 Å². The van der Waals surface area contributed by atoms with Crippen LogP contribution < -0.4 is 5.32 Å². The Bertz CT molecular complexity index is 429. The average Bonchev–Trinajstić information content (AvgIpc) is 2.21. The summed E-state index contributed by atoms with van der Waals surface area (Å²) in [6, 6.07) is 4.62. The van der Waals surface area contributed by atoms with E-state index in [1.54, 1.807) is 6.07 Å². The van der Waals surface area contributed by atoms with E-state index in [9.17, 15) is 14.7 Å². The second-order valence-electron chi connectivity index (χ2n) is 3.77. The zero-order chi connectivity index (χ0) is 12.8. The lowest BCUT2D eigenvalue weighted by atomic mass is 10.1. The quantitative estimate of drug-likeness (QED) is 0.681. The van der Waals surface area contributed by atoms with Gasteiger partial charge in [0.15, 0.2) is 0 Å².